The normalized spacial score (nSPS) is 35.5. The minimum absolute atomic E-state index is 0. The Hall–Kier alpha value is 2.63. The van der Waals surface area contributed by atoms with Crippen LogP contribution >= 0.6 is 15.7 Å². The van der Waals surface area contributed by atoms with Crippen LogP contribution in [0, 0.1) is 12.8 Å². The summed E-state index contributed by atoms with van der Waals surface area (Å²) in [6.07, 6.45) is 2.64. The van der Waals surface area contributed by atoms with Gasteiger partial charge in [-0.2, -0.15) is 0 Å². The molecule has 11 heteroatoms. The summed E-state index contributed by atoms with van der Waals surface area (Å²) in [5, 5.41) is 0. The van der Waals surface area contributed by atoms with Gasteiger partial charge < -0.3 is 27.8 Å². The van der Waals surface area contributed by atoms with Crippen molar-refractivity contribution >= 4 is 15.7 Å². The molecule has 0 aromatic heterocycles. The Kier molecular flexibility index (Phi) is 15.3. The van der Waals surface area contributed by atoms with Crippen molar-refractivity contribution in [2.75, 3.05) is 40.3 Å². The summed E-state index contributed by atoms with van der Waals surface area (Å²) in [5.74, 6) is 0. The number of rotatable bonds is 9. The zero-order valence-corrected chi connectivity index (χ0v) is 24.4. The first kappa shape index (κ1) is 29.6. The van der Waals surface area contributed by atoms with Crippen LogP contribution in [0.25, 0.3) is 0 Å². The summed E-state index contributed by atoms with van der Waals surface area (Å²) in [7, 11) is -2.20. The Bertz CT molecular complexity index is 472. The summed E-state index contributed by atoms with van der Waals surface area (Å²) >= 11 is 0. The van der Waals surface area contributed by atoms with Gasteiger partial charge in [0.25, 0.3) is 0 Å². The Morgan fingerprint density at radius 3 is 2.04 bits per heavy atom. The third kappa shape index (κ3) is 10.2. The molecule has 0 saturated carbocycles. The fourth-order valence-electron chi connectivity index (χ4n) is 2.92. The van der Waals surface area contributed by atoms with Gasteiger partial charge in [-0.15, -0.1) is 0 Å². The van der Waals surface area contributed by atoms with Crippen molar-refractivity contribution in [3.05, 3.63) is 12.8 Å². The van der Waals surface area contributed by atoms with E-state index in [4.69, 9.17) is 27.8 Å². The maximum Gasteiger partial charge on any atom is 0.325 e. The van der Waals surface area contributed by atoms with E-state index in [0.29, 0.717) is 6.61 Å². The molecule has 2 aliphatic heterocycles. The van der Waals surface area contributed by atoms with Gasteiger partial charge in [-0.1, -0.05) is 26.1 Å². The van der Waals surface area contributed by atoms with Crippen LogP contribution < -0.4 is 0 Å². The van der Waals surface area contributed by atoms with Crippen molar-refractivity contribution in [1.29, 1.82) is 0 Å². The molecule has 0 aliphatic carbocycles. The van der Waals surface area contributed by atoms with Crippen molar-refractivity contribution in [3.8, 4) is 0 Å². The molecule has 2 saturated heterocycles. The zero-order chi connectivity index (χ0) is 18.6. The van der Waals surface area contributed by atoms with Gasteiger partial charge in [0, 0.05) is 87.3 Å². The second-order valence-electron chi connectivity index (χ2n) is 6.62. The quantitative estimate of drug-likeness (QED) is 0.310. The Balaban J connectivity index is 0.00000338. The Morgan fingerprint density at radius 2 is 1.52 bits per heavy atom. The summed E-state index contributed by atoms with van der Waals surface area (Å²) in [4.78, 5) is 0. The summed E-state index contributed by atoms with van der Waals surface area (Å²) in [5.41, 5.74) is 0. The average molecular weight is 574 g/mol. The van der Waals surface area contributed by atoms with E-state index in [1.807, 2.05) is 40.0 Å². The fraction of sp³-hybridized carbons (Fsp3) is 0.875. The van der Waals surface area contributed by atoms with Crippen LogP contribution in [0.2, 0.25) is 0 Å². The molecular weight excluding hydrogens is 544 g/mol. The molecule has 0 N–H and O–H groups in total. The molecule has 2 aliphatic rings. The second-order valence-corrected chi connectivity index (χ2v) is 10.5. The SMILES string of the molecule is COC[C@H]1O[C@@H](C)[CH-]C1OP(C)(=O)OC[C@H]1O[C@@H](C)[CH-]C1OP(C)C.[Y].[Y]. The summed E-state index contributed by atoms with van der Waals surface area (Å²) in [6.45, 7) is 9.92. The van der Waals surface area contributed by atoms with Gasteiger partial charge in [-0.3, -0.25) is 17.4 Å². The van der Waals surface area contributed by atoms with E-state index in [0.717, 1.165) is 0 Å². The van der Waals surface area contributed by atoms with Crippen LogP contribution in [0.4, 0.5) is 0 Å². The average Bonchev–Trinajstić information content (AvgIpc) is 2.99. The second kappa shape index (κ2) is 13.9. The number of methoxy groups -OCH3 is 1. The van der Waals surface area contributed by atoms with Crippen LogP contribution in [-0.2, 0) is 97.8 Å². The van der Waals surface area contributed by atoms with Crippen molar-refractivity contribution < 1.29 is 97.8 Å². The first-order chi connectivity index (χ1) is 11.7. The molecular formula is C16H30O7P2Y2-2. The molecule has 0 amide bonds. The molecule has 3 unspecified atom stereocenters. The van der Waals surface area contributed by atoms with E-state index in [-0.39, 0.29) is 103 Å². The molecule has 154 valence electrons. The van der Waals surface area contributed by atoms with E-state index in [9.17, 15) is 4.57 Å². The molecule has 2 rings (SSSR count). The molecule has 27 heavy (non-hydrogen) atoms. The van der Waals surface area contributed by atoms with E-state index >= 15 is 0 Å². The van der Waals surface area contributed by atoms with Crippen molar-refractivity contribution in [2.45, 2.75) is 50.5 Å². The molecule has 0 bridgehead atoms. The van der Waals surface area contributed by atoms with Crippen LogP contribution in [0.5, 0.6) is 0 Å². The zero-order valence-electron chi connectivity index (χ0n) is 16.9. The predicted molar refractivity (Wildman–Crippen MR) is 97.1 cm³/mol. The third-order valence-corrected chi connectivity index (χ3v) is 5.79. The maximum absolute atomic E-state index is 12.7. The van der Waals surface area contributed by atoms with Gasteiger partial charge in [-0.05, 0) is 25.5 Å². The molecule has 2 radical (unpaired) electrons. The minimum Gasteiger partial charge on any atom is -0.405 e. The Morgan fingerprint density at radius 1 is 1.00 bits per heavy atom. The van der Waals surface area contributed by atoms with Gasteiger partial charge >= 0.3 is 7.60 Å². The molecule has 7 atom stereocenters. The van der Waals surface area contributed by atoms with Crippen LogP contribution in [0.15, 0.2) is 0 Å². The van der Waals surface area contributed by atoms with Crippen LogP contribution in [0.1, 0.15) is 13.8 Å². The van der Waals surface area contributed by atoms with Crippen LogP contribution in [-0.4, -0.2) is 76.9 Å². The standard InChI is InChI=1S/C16H30O7P2.2Y/c1-11-7-13(22-24(4)5)16(21-11)10-19-25(6,17)23-14-8-12(2)20-15(14)9-18-3;;/h7-8,11-16H,9-10H2,1-6H3;;/q-2;;/t11-,12-,13?,14?,15+,16+,25?;;/m0../s1. The van der Waals surface area contributed by atoms with Gasteiger partial charge in [0.1, 0.15) is 0 Å². The van der Waals surface area contributed by atoms with Crippen molar-refractivity contribution in [1.82, 2.24) is 0 Å². The molecule has 7 nitrogen and oxygen atoms in total. The minimum atomic E-state index is -3.27. The Labute approximate surface area is 215 Å². The van der Waals surface area contributed by atoms with Crippen molar-refractivity contribution in [3.63, 3.8) is 0 Å². The summed E-state index contributed by atoms with van der Waals surface area (Å²) < 4.78 is 46.5. The first-order valence-electron chi connectivity index (χ1n) is 8.44. The molecule has 2 heterocycles. The molecule has 0 aromatic carbocycles. The topological polar surface area (TPSA) is 72.5 Å². The maximum atomic E-state index is 12.7. The number of ether oxygens (including phenoxy) is 3. The molecule has 2 fully saturated rings. The van der Waals surface area contributed by atoms with E-state index in [2.05, 4.69) is 0 Å². The van der Waals surface area contributed by atoms with E-state index in [1.165, 1.54) is 6.66 Å². The number of hydrogen-bond donors (Lipinski definition) is 0. The summed E-state index contributed by atoms with van der Waals surface area (Å²) in [6, 6.07) is 0. The monoisotopic (exact) mass is 574 g/mol. The largest absolute Gasteiger partial charge is 0.405 e. The van der Waals surface area contributed by atoms with Gasteiger partial charge in [0.2, 0.25) is 0 Å². The first-order valence-corrected chi connectivity index (χ1v) is 12.6. The van der Waals surface area contributed by atoms with Gasteiger partial charge in [-0.25, -0.2) is 0 Å². The van der Waals surface area contributed by atoms with Gasteiger partial charge in [0.05, 0.1) is 25.4 Å². The smallest absolute Gasteiger partial charge is 0.325 e. The number of hydrogen-bond acceptors (Lipinski definition) is 7. The third-order valence-electron chi connectivity index (χ3n) is 3.88. The molecule has 0 aromatic rings. The molecule has 0 spiro atoms. The van der Waals surface area contributed by atoms with Crippen LogP contribution in [0.3, 0.4) is 0 Å². The van der Waals surface area contributed by atoms with Gasteiger partial charge in [0.15, 0.2) is 0 Å². The van der Waals surface area contributed by atoms with E-state index in [1.54, 1.807) is 7.11 Å². The fourth-order valence-corrected chi connectivity index (χ4v) is 4.74. The predicted octanol–water partition coefficient (Wildman–Crippen LogP) is 2.88. The van der Waals surface area contributed by atoms with Crippen molar-refractivity contribution in [2.24, 2.45) is 0 Å². The van der Waals surface area contributed by atoms with E-state index < -0.39 is 21.8 Å².